The Morgan fingerprint density at radius 3 is 2.53 bits per heavy atom. The van der Waals surface area contributed by atoms with Crippen molar-refractivity contribution in [1.29, 1.82) is 0 Å². The van der Waals surface area contributed by atoms with Crippen molar-refractivity contribution in [3.63, 3.8) is 0 Å². The predicted molar refractivity (Wildman–Crippen MR) is 73.3 cm³/mol. The molecule has 0 bridgehead atoms. The summed E-state index contributed by atoms with van der Waals surface area (Å²) >= 11 is 0. The van der Waals surface area contributed by atoms with Crippen molar-refractivity contribution in [2.75, 3.05) is 11.1 Å². The minimum absolute atomic E-state index is 0.0805. The first-order chi connectivity index (χ1) is 8.97. The number of nitrogens with two attached hydrogens (primary N) is 1. The van der Waals surface area contributed by atoms with E-state index < -0.39 is 5.91 Å². The van der Waals surface area contributed by atoms with Crippen molar-refractivity contribution in [3.8, 4) is 11.5 Å². The molecule has 0 fully saturated rings. The molecule has 5 N–H and O–H groups in total. The van der Waals surface area contributed by atoms with E-state index in [1.165, 1.54) is 12.1 Å². The maximum absolute atomic E-state index is 11.9. The standard InChI is InChI=1S/C14H14N2O3/c1-8-2-3-9(6-12(8)15)16-14(19)11-5-4-10(17)7-13(11)18/h2-7,17-18H,15H2,1H3,(H,16,19). The van der Waals surface area contributed by atoms with E-state index in [-0.39, 0.29) is 17.1 Å². The highest BCUT2D eigenvalue weighted by Gasteiger charge is 2.12. The van der Waals surface area contributed by atoms with Gasteiger partial charge in [-0.2, -0.15) is 0 Å². The summed E-state index contributed by atoms with van der Waals surface area (Å²) in [5.41, 5.74) is 7.87. The van der Waals surface area contributed by atoms with E-state index in [1.807, 2.05) is 6.92 Å². The van der Waals surface area contributed by atoms with Gasteiger partial charge >= 0.3 is 0 Å². The SMILES string of the molecule is Cc1ccc(NC(=O)c2ccc(O)cc2O)cc1N. The molecule has 0 aliphatic heterocycles. The van der Waals surface area contributed by atoms with Crippen LogP contribution in [0.2, 0.25) is 0 Å². The van der Waals surface area contributed by atoms with Gasteiger partial charge in [-0.1, -0.05) is 6.07 Å². The Morgan fingerprint density at radius 1 is 1.16 bits per heavy atom. The molecule has 0 saturated carbocycles. The van der Waals surface area contributed by atoms with Crippen LogP contribution in [-0.4, -0.2) is 16.1 Å². The van der Waals surface area contributed by atoms with Gasteiger partial charge in [0.1, 0.15) is 11.5 Å². The molecular formula is C14H14N2O3. The second-order valence-electron chi connectivity index (χ2n) is 4.23. The number of carbonyl (C=O) groups excluding carboxylic acids is 1. The third-order valence-electron chi connectivity index (χ3n) is 2.76. The number of aryl methyl sites for hydroxylation is 1. The largest absolute Gasteiger partial charge is 0.508 e. The quantitative estimate of drug-likeness (QED) is 0.621. The Bertz CT molecular complexity index is 639. The lowest BCUT2D eigenvalue weighted by molar-refractivity contribution is 0.102. The molecule has 1 amide bonds. The van der Waals surface area contributed by atoms with Crippen molar-refractivity contribution in [2.24, 2.45) is 0 Å². The number of phenols is 2. The summed E-state index contributed by atoms with van der Waals surface area (Å²) < 4.78 is 0. The zero-order valence-corrected chi connectivity index (χ0v) is 10.3. The van der Waals surface area contributed by atoms with Crippen LogP contribution in [0.1, 0.15) is 15.9 Å². The number of hydrogen-bond acceptors (Lipinski definition) is 4. The molecule has 98 valence electrons. The smallest absolute Gasteiger partial charge is 0.259 e. The highest BCUT2D eigenvalue weighted by atomic mass is 16.3. The fourth-order valence-electron chi connectivity index (χ4n) is 1.63. The van der Waals surface area contributed by atoms with Crippen LogP contribution in [0, 0.1) is 6.92 Å². The topological polar surface area (TPSA) is 95.6 Å². The lowest BCUT2D eigenvalue weighted by Crippen LogP contribution is -2.12. The van der Waals surface area contributed by atoms with E-state index >= 15 is 0 Å². The zero-order chi connectivity index (χ0) is 14.0. The third kappa shape index (κ3) is 2.77. The second-order valence-corrected chi connectivity index (χ2v) is 4.23. The lowest BCUT2D eigenvalue weighted by Gasteiger charge is -2.08. The number of phenolic OH excluding ortho intramolecular Hbond substituents is 2. The number of hydrogen-bond donors (Lipinski definition) is 4. The van der Waals surface area contributed by atoms with Crippen molar-refractivity contribution in [1.82, 2.24) is 0 Å². The summed E-state index contributed by atoms with van der Waals surface area (Å²) in [7, 11) is 0. The summed E-state index contributed by atoms with van der Waals surface area (Å²) in [4.78, 5) is 11.9. The van der Waals surface area contributed by atoms with Crippen molar-refractivity contribution < 1.29 is 15.0 Å². The Kier molecular flexibility index (Phi) is 3.29. The summed E-state index contributed by atoms with van der Waals surface area (Å²) in [6.07, 6.45) is 0. The van der Waals surface area contributed by atoms with Crippen molar-refractivity contribution in [3.05, 3.63) is 47.5 Å². The summed E-state index contributed by atoms with van der Waals surface area (Å²) in [6.45, 7) is 1.87. The molecule has 0 atom stereocenters. The second kappa shape index (κ2) is 4.89. The molecule has 5 heteroatoms. The van der Waals surface area contributed by atoms with Crippen LogP contribution < -0.4 is 11.1 Å². The molecule has 0 radical (unpaired) electrons. The van der Waals surface area contributed by atoms with Gasteiger partial charge in [0.25, 0.3) is 5.91 Å². The number of nitrogens with one attached hydrogen (secondary N) is 1. The van der Waals surface area contributed by atoms with Crippen LogP contribution in [0.4, 0.5) is 11.4 Å². The van der Waals surface area contributed by atoms with E-state index in [0.717, 1.165) is 11.6 Å². The van der Waals surface area contributed by atoms with Crippen LogP contribution >= 0.6 is 0 Å². The van der Waals surface area contributed by atoms with Crippen LogP contribution in [0.3, 0.4) is 0 Å². The van der Waals surface area contributed by atoms with E-state index in [9.17, 15) is 9.90 Å². The third-order valence-corrected chi connectivity index (χ3v) is 2.76. The number of nitrogen functional groups attached to an aromatic ring is 1. The average molecular weight is 258 g/mol. The van der Waals surface area contributed by atoms with Crippen molar-refractivity contribution in [2.45, 2.75) is 6.92 Å². The molecule has 19 heavy (non-hydrogen) atoms. The molecule has 2 rings (SSSR count). The van der Waals surface area contributed by atoms with Crippen LogP contribution in [0.25, 0.3) is 0 Å². The first kappa shape index (κ1) is 12.8. The number of carbonyl (C=O) groups is 1. The lowest BCUT2D eigenvalue weighted by atomic mass is 10.1. The predicted octanol–water partition coefficient (Wildman–Crippen LogP) is 2.24. The molecule has 0 aromatic heterocycles. The summed E-state index contributed by atoms with van der Waals surface area (Å²) in [5.74, 6) is -0.855. The molecule has 5 nitrogen and oxygen atoms in total. The fourth-order valence-corrected chi connectivity index (χ4v) is 1.63. The van der Waals surface area contributed by atoms with E-state index in [0.29, 0.717) is 11.4 Å². The normalized spacial score (nSPS) is 10.2. The van der Waals surface area contributed by atoms with E-state index in [1.54, 1.807) is 18.2 Å². The van der Waals surface area contributed by atoms with E-state index in [4.69, 9.17) is 10.8 Å². The molecule has 0 spiro atoms. The van der Waals surface area contributed by atoms with Gasteiger partial charge in [-0.3, -0.25) is 4.79 Å². The first-order valence-electron chi connectivity index (χ1n) is 5.67. The zero-order valence-electron chi connectivity index (χ0n) is 10.3. The highest BCUT2D eigenvalue weighted by Crippen LogP contribution is 2.24. The highest BCUT2D eigenvalue weighted by molar-refractivity contribution is 6.06. The molecule has 0 saturated heterocycles. The number of anilines is 2. The van der Waals surface area contributed by atoms with Gasteiger partial charge in [-0.05, 0) is 36.8 Å². The van der Waals surface area contributed by atoms with Crippen LogP contribution in [0.15, 0.2) is 36.4 Å². The average Bonchev–Trinajstić information content (AvgIpc) is 2.33. The molecule has 2 aromatic rings. The number of rotatable bonds is 2. The van der Waals surface area contributed by atoms with Gasteiger partial charge in [0.15, 0.2) is 0 Å². The van der Waals surface area contributed by atoms with Gasteiger partial charge < -0.3 is 21.3 Å². The summed E-state index contributed by atoms with van der Waals surface area (Å²) in [6, 6.07) is 8.95. The number of amides is 1. The van der Waals surface area contributed by atoms with Crippen LogP contribution in [0.5, 0.6) is 11.5 Å². The minimum Gasteiger partial charge on any atom is -0.508 e. The maximum Gasteiger partial charge on any atom is 0.259 e. The molecule has 0 aliphatic carbocycles. The maximum atomic E-state index is 11.9. The Balaban J connectivity index is 2.23. The number of benzene rings is 2. The minimum atomic E-state index is -0.472. The summed E-state index contributed by atoms with van der Waals surface area (Å²) in [5, 5.41) is 21.4. The Labute approximate surface area is 110 Å². The van der Waals surface area contributed by atoms with Gasteiger partial charge in [-0.15, -0.1) is 0 Å². The van der Waals surface area contributed by atoms with Crippen LogP contribution in [-0.2, 0) is 0 Å². The monoisotopic (exact) mass is 258 g/mol. The Morgan fingerprint density at radius 2 is 1.89 bits per heavy atom. The molecule has 2 aromatic carbocycles. The first-order valence-corrected chi connectivity index (χ1v) is 5.67. The molecular weight excluding hydrogens is 244 g/mol. The molecule has 0 aliphatic rings. The van der Waals surface area contributed by atoms with Crippen molar-refractivity contribution >= 4 is 17.3 Å². The molecule has 0 heterocycles. The fraction of sp³-hybridized carbons (Fsp3) is 0.0714. The van der Waals surface area contributed by atoms with Gasteiger partial charge in [0.05, 0.1) is 5.56 Å². The van der Waals surface area contributed by atoms with Gasteiger partial charge in [0, 0.05) is 17.4 Å². The van der Waals surface area contributed by atoms with E-state index in [2.05, 4.69) is 5.32 Å². The number of aromatic hydroxyl groups is 2. The van der Waals surface area contributed by atoms with Gasteiger partial charge in [0.2, 0.25) is 0 Å². The van der Waals surface area contributed by atoms with Gasteiger partial charge in [-0.25, -0.2) is 0 Å². The molecule has 0 unspecified atom stereocenters. The Hall–Kier alpha value is -2.69.